The fourth-order valence-corrected chi connectivity index (χ4v) is 2.54. The Labute approximate surface area is 154 Å². The van der Waals surface area contributed by atoms with Crippen molar-refractivity contribution in [2.75, 3.05) is 5.32 Å². The van der Waals surface area contributed by atoms with Crippen molar-refractivity contribution in [2.24, 2.45) is 0 Å². The van der Waals surface area contributed by atoms with Gasteiger partial charge in [-0.05, 0) is 50.1 Å². The average Bonchev–Trinajstić information content (AvgIpc) is 2.99. The van der Waals surface area contributed by atoms with Crippen molar-refractivity contribution in [3.8, 4) is 5.75 Å². The van der Waals surface area contributed by atoms with Gasteiger partial charge in [0.2, 0.25) is 0 Å². The molecular formula is C20H18F2N2O3. The van der Waals surface area contributed by atoms with Crippen molar-refractivity contribution in [3.05, 3.63) is 76.2 Å². The van der Waals surface area contributed by atoms with Crippen LogP contribution >= 0.6 is 0 Å². The highest BCUT2D eigenvalue weighted by atomic mass is 19.1. The van der Waals surface area contributed by atoms with Crippen LogP contribution < -0.4 is 10.1 Å². The predicted octanol–water partition coefficient (Wildman–Crippen LogP) is 4.71. The number of amides is 1. The average molecular weight is 372 g/mol. The molecule has 2 aromatic carbocycles. The zero-order valence-corrected chi connectivity index (χ0v) is 15.1. The molecule has 1 aromatic heterocycles. The van der Waals surface area contributed by atoms with E-state index < -0.39 is 17.5 Å². The third-order valence-corrected chi connectivity index (χ3v) is 4.31. The molecule has 3 aromatic rings. The Kier molecular flexibility index (Phi) is 5.21. The number of benzene rings is 2. The van der Waals surface area contributed by atoms with Gasteiger partial charge in [0.1, 0.15) is 29.8 Å². The number of ether oxygens (including phenoxy) is 1. The molecule has 0 atom stereocenters. The van der Waals surface area contributed by atoms with E-state index in [-0.39, 0.29) is 18.0 Å². The molecule has 1 amide bonds. The largest absolute Gasteiger partial charge is 0.488 e. The van der Waals surface area contributed by atoms with E-state index in [2.05, 4.69) is 10.5 Å². The number of carbonyl (C=O) groups is 1. The van der Waals surface area contributed by atoms with Crippen molar-refractivity contribution in [3.63, 3.8) is 0 Å². The van der Waals surface area contributed by atoms with Gasteiger partial charge in [-0.2, -0.15) is 0 Å². The highest BCUT2D eigenvalue weighted by molar-refractivity contribution is 6.03. The van der Waals surface area contributed by atoms with E-state index in [0.29, 0.717) is 23.1 Å². The van der Waals surface area contributed by atoms with Gasteiger partial charge in [0.15, 0.2) is 5.69 Å². The second kappa shape index (κ2) is 7.57. The third kappa shape index (κ3) is 3.97. The van der Waals surface area contributed by atoms with Gasteiger partial charge >= 0.3 is 0 Å². The summed E-state index contributed by atoms with van der Waals surface area (Å²) in [5, 5.41) is 6.12. The molecule has 0 bridgehead atoms. The van der Waals surface area contributed by atoms with E-state index in [9.17, 15) is 13.6 Å². The van der Waals surface area contributed by atoms with Gasteiger partial charge in [0, 0.05) is 6.07 Å². The zero-order chi connectivity index (χ0) is 19.6. The Bertz CT molecular complexity index is 999. The van der Waals surface area contributed by atoms with Gasteiger partial charge in [-0.1, -0.05) is 17.3 Å². The number of nitrogens with one attached hydrogen (secondary N) is 1. The third-order valence-electron chi connectivity index (χ3n) is 4.31. The van der Waals surface area contributed by atoms with Gasteiger partial charge in [0.25, 0.3) is 5.91 Å². The standard InChI is InChI=1S/C20H18F2N2O3/c1-11-5-4-6-18(12(11)2)26-10-15-13(3)27-24-19(15)20(25)23-17-8-7-14(21)9-16(17)22/h4-9H,10H2,1-3H3,(H,23,25). The summed E-state index contributed by atoms with van der Waals surface area (Å²) in [5.74, 6) is -1.17. The SMILES string of the molecule is Cc1cccc(OCc2c(C(=O)Nc3ccc(F)cc3F)noc2C)c1C. The normalized spacial score (nSPS) is 10.7. The van der Waals surface area contributed by atoms with Gasteiger partial charge < -0.3 is 14.6 Å². The molecule has 0 radical (unpaired) electrons. The minimum Gasteiger partial charge on any atom is -0.488 e. The summed E-state index contributed by atoms with van der Waals surface area (Å²) in [6, 6.07) is 8.57. The maximum atomic E-state index is 13.8. The van der Waals surface area contributed by atoms with Gasteiger partial charge in [-0.3, -0.25) is 4.79 Å². The number of hydrogen-bond acceptors (Lipinski definition) is 4. The molecule has 0 aliphatic heterocycles. The molecule has 0 spiro atoms. The molecule has 27 heavy (non-hydrogen) atoms. The van der Waals surface area contributed by atoms with Crippen molar-refractivity contribution in [2.45, 2.75) is 27.4 Å². The van der Waals surface area contributed by atoms with Crippen molar-refractivity contribution in [1.82, 2.24) is 5.16 Å². The van der Waals surface area contributed by atoms with Crippen LogP contribution in [0.3, 0.4) is 0 Å². The smallest absolute Gasteiger partial charge is 0.278 e. The molecular weight excluding hydrogens is 354 g/mol. The summed E-state index contributed by atoms with van der Waals surface area (Å²) < 4.78 is 37.7. The summed E-state index contributed by atoms with van der Waals surface area (Å²) in [4.78, 5) is 12.5. The molecule has 0 fully saturated rings. The summed E-state index contributed by atoms with van der Waals surface area (Å²) in [5.41, 5.74) is 2.37. The Morgan fingerprint density at radius 1 is 1.19 bits per heavy atom. The van der Waals surface area contributed by atoms with Crippen LogP contribution in [0.1, 0.15) is 32.9 Å². The quantitative estimate of drug-likeness (QED) is 0.704. The number of carbonyl (C=O) groups excluding carboxylic acids is 1. The van der Waals surface area contributed by atoms with Crippen molar-refractivity contribution in [1.29, 1.82) is 0 Å². The summed E-state index contributed by atoms with van der Waals surface area (Å²) in [6.07, 6.45) is 0. The minimum atomic E-state index is -0.878. The number of anilines is 1. The first-order valence-electron chi connectivity index (χ1n) is 8.27. The maximum absolute atomic E-state index is 13.8. The fourth-order valence-electron chi connectivity index (χ4n) is 2.54. The summed E-state index contributed by atoms with van der Waals surface area (Å²) >= 11 is 0. The van der Waals surface area contributed by atoms with Gasteiger partial charge in [-0.15, -0.1) is 0 Å². The maximum Gasteiger partial charge on any atom is 0.278 e. The molecule has 140 valence electrons. The van der Waals surface area contributed by atoms with Crippen molar-refractivity contribution >= 4 is 11.6 Å². The molecule has 0 saturated carbocycles. The van der Waals surface area contributed by atoms with E-state index in [1.807, 2.05) is 32.0 Å². The number of aromatic nitrogens is 1. The second-order valence-electron chi connectivity index (χ2n) is 6.13. The number of hydrogen-bond donors (Lipinski definition) is 1. The number of nitrogens with zero attached hydrogens (tertiary/aromatic N) is 1. The predicted molar refractivity (Wildman–Crippen MR) is 95.8 cm³/mol. The van der Waals surface area contributed by atoms with Crippen LogP contribution in [-0.2, 0) is 6.61 Å². The first-order valence-corrected chi connectivity index (χ1v) is 8.27. The lowest BCUT2D eigenvalue weighted by Gasteiger charge is -2.11. The Morgan fingerprint density at radius 2 is 1.96 bits per heavy atom. The minimum absolute atomic E-state index is 0.0125. The van der Waals surface area contributed by atoms with Crippen LogP contribution in [0.5, 0.6) is 5.75 Å². The van der Waals surface area contributed by atoms with E-state index >= 15 is 0 Å². The monoisotopic (exact) mass is 372 g/mol. The first kappa shape index (κ1) is 18.6. The van der Waals surface area contributed by atoms with Gasteiger partial charge in [0.05, 0.1) is 11.3 Å². The van der Waals surface area contributed by atoms with Crippen LogP contribution in [0, 0.1) is 32.4 Å². The Morgan fingerprint density at radius 3 is 2.70 bits per heavy atom. The molecule has 0 aliphatic rings. The van der Waals surface area contributed by atoms with E-state index in [0.717, 1.165) is 23.3 Å². The second-order valence-corrected chi connectivity index (χ2v) is 6.13. The molecule has 5 nitrogen and oxygen atoms in total. The first-order chi connectivity index (χ1) is 12.9. The summed E-state index contributed by atoms with van der Waals surface area (Å²) in [6.45, 7) is 5.64. The van der Waals surface area contributed by atoms with Crippen LogP contribution in [0.4, 0.5) is 14.5 Å². The highest BCUT2D eigenvalue weighted by Crippen LogP contribution is 2.24. The number of rotatable bonds is 5. The van der Waals surface area contributed by atoms with Crippen molar-refractivity contribution < 1.29 is 22.8 Å². The fraction of sp³-hybridized carbons (Fsp3) is 0.200. The molecule has 1 N–H and O–H groups in total. The lowest BCUT2D eigenvalue weighted by Crippen LogP contribution is -2.16. The Balaban J connectivity index is 1.79. The van der Waals surface area contributed by atoms with Gasteiger partial charge in [-0.25, -0.2) is 8.78 Å². The molecule has 0 aliphatic carbocycles. The Hall–Kier alpha value is -3.22. The van der Waals surface area contributed by atoms with Crippen LogP contribution in [-0.4, -0.2) is 11.1 Å². The van der Waals surface area contributed by atoms with Crippen LogP contribution in [0.15, 0.2) is 40.9 Å². The van der Waals surface area contributed by atoms with Crippen LogP contribution in [0.25, 0.3) is 0 Å². The van der Waals surface area contributed by atoms with Crippen LogP contribution in [0.2, 0.25) is 0 Å². The lowest BCUT2D eigenvalue weighted by atomic mass is 10.1. The van der Waals surface area contributed by atoms with E-state index in [4.69, 9.17) is 9.26 Å². The highest BCUT2D eigenvalue weighted by Gasteiger charge is 2.22. The molecule has 7 heteroatoms. The zero-order valence-electron chi connectivity index (χ0n) is 15.1. The van der Waals surface area contributed by atoms with E-state index in [1.54, 1.807) is 6.92 Å². The molecule has 0 unspecified atom stereocenters. The lowest BCUT2D eigenvalue weighted by molar-refractivity contribution is 0.101. The molecule has 1 heterocycles. The molecule has 0 saturated heterocycles. The van der Waals surface area contributed by atoms with E-state index in [1.165, 1.54) is 0 Å². The number of aryl methyl sites for hydroxylation is 2. The number of halogens is 2. The molecule has 3 rings (SSSR count). The topological polar surface area (TPSA) is 64.4 Å². The summed E-state index contributed by atoms with van der Waals surface area (Å²) in [7, 11) is 0.